The number of aryl methyl sites for hydroxylation is 2. The number of hydrogen-bond donors (Lipinski definition) is 0. The zero-order valence-electron chi connectivity index (χ0n) is 17.1. The number of anilines is 1. The number of thiophene rings is 1. The minimum absolute atomic E-state index is 0.165. The molecule has 0 unspecified atom stereocenters. The molecule has 0 saturated carbocycles. The average Bonchev–Trinajstić information content (AvgIpc) is 3.14. The van der Waals surface area contributed by atoms with E-state index in [1.165, 1.54) is 28.8 Å². The summed E-state index contributed by atoms with van der Waals surface area (Å²) in [5, 5.41) is 0.901. The molecular formula is C23H28N4OS. The largest absolute Gasteiger partial charge is 0.340 e. The molecule has 0 spiro atoms. The molecule has 0 bridgehead atoms. The van der Waals surface area contributed by atoms with Crippen molar-refractivity contribution in [3.05, 3.63) is 56.7 Å². The Labute approximate surface area is 175 Å². The maximum Gasteiger partial charge on any atom is 0.263 e. The van der Waals surface area contributed by atoms with Gasteiger partial charge in [-0.1, -0.05) is 30.3 Å². The molecule has 0 atom stereocenters. The molecule has 29 heavy (non-hydrogen) atoms. The van der Waals surface area contributed by atoms with Crippen LogP contribution < -0.4 is 10.5 Å². The van der Waals surface area contributed by atoms with E-state index in [0.29, 0.717) is 6.54 Å². The van der Waals surface area contributed by atoms with Gasteiger partial charge in [0.25, 0.3) is 5.56 Å². The molecule has 1 saturated heterocycles. The molecule has 0 radical (unpaired) electrons. The first-order chi connectivity index (χ1) is 14.2. The Bertz CT molecular complexity index is 1060. The topological polar surface area (TPSA) is 41.4 Å². The summed E-state index contributed by atoms with van der Waals surface area (Å²) in [5.41, 5.74) is 2.81. The third-order valence-electron chi connectivity index (χ3n) is 6.28. The second-order valence-corrected chi connectivity index (χ2v) is 9.18. The molecule has 5 nitrogen and oxygen atoms in total. The van der Waals surface area contributed by atoms with E-state index in [9.17, 15) is 4.79 Å². The first kappa shape index (κ1) is 18.8. The van der Waals surface area contributed by atoms with Gasteiger partial charge in [-0.15, -0.1) is 11.3 Å². The van der Waals surface area contributed by atoms with Crippen molar-refractivity contribution < 1.29 is 0 Å². The number of piperazine rings is 1. The van der Waals surface area contributed by atoms with Gasteiger partial charge in [0.05, 0.1) is 5.39 Å². The van der Waals surface area contributed by atoms with Crippen molar-refractivity contribution in [3.8, 4) is 0 Å². The van der Waals surface area contributed by atoms with E-state index >= 15 is 0 Å². The van der Waals surface area contributed by atoms with Crippen molar-refractivity contribution in [1.82, 2.24) is 14.5 Å². The molecule has 0 amide bonds. The maximum atomic E-state index is 13.4. The lowest BCUT2D eigenvalue weighted by Crippen LogP contribution is -2.48. The smallest absolute Gasteiger partial charge is 0.263 e. The fourth-order valence-electron chi connectivity index (χ4n) is 4.70. The summed E-state index contributed by atoms with van der Waals surface area (Å²) in [6.07, 6.45) is 4.57. The van der Waals surface area contributed by atoms with E-state index in [0.717, 1.165) is 61.7 Å². The van der Waals surface area contributed by atoms with Crippen LogP contribution in [0.2, 0.25) is 0 Å². The first-order valence-corrected chi connectivity index (χ1v) is 11.6. The molecule has 6 heteroatoms. The van der Waals surface area contributed by atoms with Gasteiger partial charge in [-0.2, -0.15) is 0 Å². The lowest BCUT2D eigenvalue weighted by atomic mass is 9.97. The van der Waals surface area contributed by atoms with Gasteiger partial charge in [0.15, 0.2) is 0 Å². The van der Waals surface area contributed by atoms with Gasteiger partial charge in [-0.3, -0.25) is 14.3 Å². The van der Waals surface area contributed by atoms with Crippen LogP contribution in [-0.2, 0) is 25.9 Å². The highest BCUT2D eigenvalue weighted by Crippen LogP contribution is 2.34. The Morgan fingerprint density at radius 1 is 1.03 bits per heavy atom. The van der Waals surface area contributed by atoms with Crippen LogP contribution in [0.15, 0.2) is 35.1 Å². The van der Waals surface area contributed by atoms with Crippen molar-refractivity contribution in [3.63, 3.8) is 0 Å². The summed E-state index contributed by atoms with van der Waals surface area (Å²) in [6, 6.07) is 10.6. The molecular weight excluding hydrogens is 380 g/mol. The van der Waals surface area contributed by atoms with E-state index in [-0.39, 0.29) is 5.56 Å². The molecule has 1 aliphatic heterocycles. The number of hydrogen-bond acceptors (Lipinski definition) is 5. The third kappa shape index (κ3) is 3.49. The normalized spacial score (nSPS) is 17.6. The highest BCUT2D eigenvalue weighted by Gasteiger charge is 2.25. The predicted octanol–water partition coefficient (Wildman–Crippen LogP) is 3.68. The Morgan fingerprint density at radius 3 is 2.55 bits per heavy atom. The molecule has 1 aromatic carbocycles. The first-order valence-electron chi connectivity index (χ1n) is 10.8. The second-order valence-electron chi connectivity index (χ2n) is 8.10. The SMILES string of the molecule is CCn1c(N2CCN(Cc3ccccc3)CC2)nc2sc3c(c2c1=O)CCCC3. The molecule has 0 N–H and O–H groups in total. The van der Waals surface area contributed by atoms with E-state index in [1.54, 1.807) is 11.3 Å². The van der Waals surface area contributed by atoms with E-state index in [4.69, 9.17) is 4.98 Å². The Kier molecular flexibility index (Phi) is 5.14. The quantitative estimate of drug-likeness (QED) is 0.660. The Hall–Kier alpha value is -2.18. The minimum atomic E-state index is 0.165. The van der Waals surface area contributed by atoms with Crippen molar-refractivity contribution >= 4 is 27.5 Å². The van der Waals surface area contributed by atoms with Crippen LogP contribution in [0.3, 0.4) is 0 Å². The third-order valence-corrected chi connectivity index (χ3v) is 7.46. The van der Waals surface area contributed by atoms with Crippen LogP contribution in [0.25, 0.3) is 10.2 Å². The van der Waals surface area contributed by atoms with Gasteiger partial charge < -0.3 is 4.90 Å². The van der Waals surface area contributed by atoms with Crippen molar-refractivity contribution in [2.24, 2.45) is 0 Å². The summed E-state index contributed by atoms with van der Waals surface area (Å²) in [4.78, 5) is 25.5. The monoisotopic (exact) mass is 408 g/mol. The number of benzene rings is 1. The maximum absolute atomic E-state index is 13.4. The fourth-order valence-corrected chi connectivity index (χ4v) is 5.95. The molecule has 5 rings (SSSR count). The van der Waals surface area contributed by atoms with Gasteiger partial charge in [0.2, 0.25) is 5.95 Å². The fraction of sp³-hybridized carbons (Fsp3) is 0.478. The number of rotatable bonds is 4. The molecule has 2 aliphatic rings. The van der Waals surface area contributed by atoms with E-state index < -0.39 is 0 Å². The highest BCUT2D eigenvalue weighted by molar-refractivity contribution is 7.18. The highest BCUT2D eigenvalue weighted by atomic mass is 32.1. The van der Waals surface area contributed by atoms with Crippen LogP contribution in [0.4, 0.5) is 5.95 Å². The Balaban J connectivity index is 1.41. The summed E-state index contributed by atoms with van der Waals surface area (Å²) >= 11 is 1.75. The molecule has 1 fully saturated rings. The van der Waals surface area contributed by atoms with E-state index in [1.807, 2.05) is 4.57 Å². The minimum Gasteiger partial charge on any atom is -0.340 e. The van der Waals surface area contributed by atoms with Gasteiger partial charge in [0.1, 0.15) is 4.83 Å². The summed E-state index contributed by atoms with van der Waals surface area (Å²) < 4.78 is 1.90. The van der Waals surface area contributed by atoms with Crippen LogP contribution in [0.5, 0.6) is 0 Å². The summed E-state index contributed by atoms with van der Waals surface area (Å²) in [6.45, 7) is 7.53. The lowest BCUT2D eigenvalue weighted by Gasteiger charge is -2.36. The van der Waals surface area contributed by atoms with Crippen LogP contribution in [0, 0.1) is 0 Å². The van der Waals surface area contributed by atoms with Crippen LogP contribution in [0.1, 0.15) is 35.8 Å². The second kappa shape index (κ2) is 7.92. The van der Waals surface area contributed by atoms with Gasteiger partial charge >= 0.3 is 0 Å². The zero-order chi connectivity index (χ0) is 19.8. The van der Waals surface area contributed by atoms with Crippen molar-refractivity contribution in [2.45, 2.75) is 45.7 Å². The van der Waals surface area contributed by atoms with Gasteiger partial charge in [0, 0.05) is 44.1 Å². The van der Waals surface area contributed by atoms with Gasteiger partial charge in [-0.05, 0) is 43.7 Å². The average molecular weight is 409 g/mol. The number of aromatic nitrogens is 2. The number of nitrogens with zero attached hydrogens (tertiary/aromatic N) is 4. The van der Waals surface area contributed by atoms with Crippen molar-refractivity contribution in [1.29, 1.82) is 0 Å². The standard InChI is InChI=1S/C23H28N4OS/c1-2-27-22(28)20-18-10-6-7-11-19(18)29-21(20)24-23(27)26-14-12-25(13-15-26)16-17-8-4-3-5-9-17/h3-5,8-9H,2,6-7,10-16H2,1H3. The summed E-state index contributed by atoms with van der Waals surface area (Å²) in [5.74, 6) is 0.864. The van der Waals surface area contributed by atoms with Gasteiger partial charge in [-0.25, -0.2) is 4.98 Å². The molecule has 1 aliphatic carbocycles. The molecule has 2 aromatic heterocycles. The van der Waals surface area contributed by atoms with Crippen molar-refractivity contribution in [2.75, 3.05) is 31.1 Å². The predicted molar refractivity (Wildman–Crippen MR) is 120 cm³/mol. The van der Waals surface area contributed by atoms with Crippen LogP contribution in [-0.4, -0.2) is 40.6 Å². The number of fused-ring (bicyclic) bond motifs is 3. The van der Waals surface area contributed by atoms with Crippen LogP contribution >= 0.6 is 11.3 Å². The molecule has 3 heterocycles. The molecule has 3 aromatic rings. The zero-order valence-corrected chi connectivity index (χ0v) is 17.9. The summed E-state index contributed by atoms with van der Waals surface area (Å²) in [7, 11) is 0. The molecule has 152 valence electrons. The Morgan fingerprint density at radius 2 is 1.79 bits per heavy atom. The lowest BCUT2D eigenvalue weighted by molar-refractivity contribution is 0.248. The van der Waals surface area contributed by atoms with E-state index in [2.05, 4.69) is 47.1 Å².